The summed E-state index contributed by atoms with van der Waals surface area (Å²) < 4.78 is 77.3. The summed E-state index contributed by atoms with van der Waals surface area (Å²) >= 11 is 6.22. The van der Waals surface area contributed by atoms with Crippen molar-refractivity contribution >= 4 is 56.2 Å². The van der Waals surface area contributed by atoms with Gasteiger partial charge < -0.3 is 24.4 Å². The van der Waals surface area contributed by atoms with Crippen LogP contribution >= 0.6 is 11.6 Å². The maximum Gasteiger partial charge on any atom is 0.410 e. The van der Waals surface area contributed by atoms with Crippen LogP contribution in [-0.4, -0.2) is 66.7 Å². The van der Waals surface area contributed by atoms with E-state index in [2.05, 4.69) is 15.0 Å². The normalized spacial score (nSPS) is 16.3. The minimum Gasteiger partial charge on any atom is -0.487 e. The number of ether oxygens (including phenoxy) is 3. The fraction of sp³-hybridized carbons (Fsp3) is 0.389. The molecule has 2 aliphatic rings. The quantitative estimate of drug-likeness (QED) is 0.174. The summed E-state index contributed by atoms with van der Waals surface area (Å²) in [5, 5.41) is 3.89. The lowest BCUT2D eigenvalue weighted by molar-refractivity contribution is -0.147. The number of esters is 1. The molecule has 12 nitrogen and oxygen atoms in total. The molecule has 1 aromatic heterocycles. The van der Waals surface area contributed by atoms with Crippen LogP contribution in [-0.2, 0) is 30.7 Å². The van der Waals surface area contributed by atoms with Crippen LogP contribution in [0.2, 0.25) is 5.02 Å². The number of anilines is 2. The Balaban J connectivity index is 1.24. The van der Waals surface area contributed by atoms with E-state index >= 15 is 8.78 Å². The Kier molecular flexibility index (Phi) is 10.2. The first kappa shape index (κ1) is 37.0. The summed E-state index contributed by atoms with van der Waals surface area (Å²) in [5.74, 6) is -2.35. The van der Waals surface area contributed by atoms with Gasteiger partial charge in [-0.3, -0.25) is 9.52 Å². The smallest absolute Gasteiger partial charge is 0.410 e. The highest BCUT2D eigenvalue weighted by Crippen LogP contribution is 2.43. The molecule has 3 aromatic carbocycles. The predicted molar refractivity (Wildman–Crippen MR) is 191 cm³/mol. The van der Waals surface area contributed by atoms with Gasteiger partial charge >= 0.3 is 12.1 Å². The van der Waals surface area contributed by atoms with E-state index in [-0.39, 0.29) is 40.6 Å². The van der Waals surface area contributed by atoms with Gasteiger partial charge in [-0.1, -0.05) is 18.5 Å². The summed E-state index contributed by atoms with van der Waals surface area (Å²) in [6.45, 7) is 9.47. The number of likely N-dealkylation sites (tertiary alicyclic amines) is 1. The third-order valence-electron chi connectivity index (χ3n) is 8.62. The Morgan fingerprint density at radius 3 is 2.52 bits per heavy atom. The zero-order valence-electron chi connectivity index (χ0n) is 29.2. The van der Waals surface area contributed by atoms with E-state index in [4.69, 9.17) is 30.8 Å². The Morgan fingerprint density at radius 1 is 1.12 bits per heavy atom. The van der Waals surface area contributed by atoms with Gasteiger partial charge in [0.2, 0.25) is 5.95 Å². The number of hydrogen-bond acceptors (Lipinski definition) is 10. The Hall–Kier alpha value is -4.76. The van der Waals surface area contributed by atoms with E-state index in [1.807, 2.05) is 27.7 Å². The number of sulfonamides is 1. The molecule has 0 radical (unpaired) electrons. The number of carbonyl (C=O) groups excluding carboxylic acids is 2. The molecule has 4 aromatic rings. The average Bonchev–Trinajstić information content (AvgIpc) is 3.46. The van der Waals surface area contributed by atoms with E-state index in [9.17, 15) is 18.0 Å². The monoisotopic (exact) mass is 757 g/mol. The maximum atomic E-state index is 16.2. The third-order valence-corrected chi connectivity index (χ3v) is 10.2. The van der Waals surface area contributed by atoms with E-state index in [1.165, 1.54) is 13.0 Å². The number of fused-ring (bicyclic) bond motifs is 2. The molecule has 2 aliphatic heterocycles. The van der Waals surface area contributed by atoms with E-state index < -0.39 is 55.5 Å². The maximum absolute atomic E-state index is 16.2. The molecular weight excluding hydrogens is 720 g/mol. The molecule has 1 atom stereocenters. The van der Waals surface area contributed by atoms with Crippen LogP contribution in [0.1, 0.15) is 64.7 Å². The summed E-state index contributed by atoms with van der Waals surface area (Å²) in [4.78, 5) is 34.5. The van der Waals surface area contributed by atoms with Crippen molar-refractivity contribution in [2.24, 2.45) is 0 Å². The lowest BCUT2D eigenvalue weighted by atomic mass is 9.97. The number of rotatable bonds is 8. The molecule has 6 rings (SSSR count). The number of carbonyl (C=O) groups is 2. The van der Waals surface area contributed by atoms with Crippen LogP contribution in [0, 0.1) is 11.6 Å². The van der Waals surface area contributed by atoms with Gasteiger partial charge in [0.05, 0.1) is 16.8 Å². The van der Waals surface area contributed by atoms with Crippen LogP contribution in [0.5, 0.6) is 5.75 Å². The zero-order valence-corrected chi connectivity index (χ0v) is 30.8. The molecule has 16 heteroatoms. The highest BCUT2D eigenvalue weighted by Gasteiger charge is 2.35. The van der Waals surface area contributed by atoms with E-state index in [0.717, 1.165) is 18.2 Å². The minimum atomic E-state index is -4.54. The van der Waals surface area contributed by atoms with Gasteiger partial charge in [0.1, 0.15) is 28.7 Å². The number of aromatic nitrogens is 2. The zero-order chi connectivity index (χ0) is 37.5. The number of benzene rings is 3. The molecule has 2 N–H and O–H groups in total. The van der Waals surface area contributed by atoms with Crippen molar-refractivity contribution in [3.63, 3.8) is 0 Å². The molecule has 0 unspecified atom stereocenters. The number of nitrogens with one attached hydrogen (secondary N) is 2. The van der Waals surface area contributed by atoms with Crippen LogP contribution in [0.25, 0.3) is 22.0 Å². The van der Waals surface area contributed by atoms with Crippen LogP contribution in [0.3, 0.4) is 0 Å². The number of aryl methyl sites for hydroxylation is 1. The topological polar surface area (TPSA) is 149 Å². The van der Waals surface area contributed by atoms with Crippen molar-refractivity contribution in [3.05, 3.63) is 70.4 Å². The summed E-state index contributed by atoms with van der Waals surface area (Å²) in [6.07, 6.45) is 2.14. The van der Waals surface area contributed by atoms with Gasteiger partial charge in [0, 0.05) is 48.2 Å². The molecule has 276 valence electrons. The molecule has 1 fully saturated rings. The number of amides is 1. The Labute approximate surface area is 304 Å². The second-order valence-corrected chi connectivity index (χ2v) is 15.7. The van der Waals surface area contributed by atoms with E-state index in [0.29, 0.717) is 54.8 Å². The second-order valence-electron chi connectivity index (χ2n) is 13.6. The first-order chi connectivity index (χ1) is 24.5. The van der Waals surface area contributed by atoms with Crippen LogP contribution in [0.15, 0.2) is 47.5 Å². The van der Waals surface area contributed by atoms with Crippen molar-refractivity contribution < 1.29 is 41.0 Å². The molecule has 0 aliphatic carbocycles. The Morgan fingerprint density at radius 2 is 1.85 bits per heavy atom. The number of hydrogen-bond donors (Lipinski definition) is 2. The van der Waals surface area contributed by atoms with Crippen molar-refractivity contribution in [1.82, 2.24) is 14.9 Å². The molecule has 3 heterocycles. The molecule has 0 saturated carbocycles. The predicted octanol–water partition coefficient (Wildman–Crippen LogP) is 7.40. The average molecular weight is 758 g/mol. The van der Waals surface area contributed by atoms with Gasteiger partial charge in [-0.2, -0.15) is 0 Å². The summed E-state index contributed by atoms with van der Waals surface area (Å²) in [6, 6.07) is 7.70. The fourth-order valence-electron chi connectivity index (χ4n) is 6.24. The van der Waals surface area contributed by atoms with Gasteiger partial charge in [-0.15, -0.1) is 0 Å². The van der Waals surface area contributed by atoms with E-state index in [1.54, 1.807) is 23.2 Å². The van der Waals surface area contributed by atoms with Gasteiger partial charge in [0.25, 0.3) is 10.0 Å². The molecule has 52 heavy (non-hydrogen) atoms. The van der Waals surface area contributed by atoms with Crippen LogP contribution in [0.4, 0.5) is 25.2 Å². The first-order valence-corrected chi connectivity index (χ1v) is 18.6. The highest BCUT2D eigenvalue weighted by molar-refractivity contribution is 7.92. The highest BCUT2D eigenvalue weighted by atomic mass is 35.5. The SMILES string of the molecule is CCc1cc(-c2c(F)ccc(NS(=O)(=O)c3cc(Cl)cc4c3OC[C@@H]4OC(C)=O)c2F)cc2cnc(NC3CCN(C(=O)OC(C)(C)C)CC3)nc12. The van der Waals surface area contributed by atoms with Crippen molar-refractivity contribution in [1.29, 1.82) is 0 Å². The molecule has 1 amide bonds. The van der Waals surface area contributed by atoms with Crippen LogP contribution < -0.4 is 14.8 Å². The second kappa shape index (κ2) is 14.3. The lowest BCUT2D eigenvalue weighted by Gasteiger charge is -2.33. The number of piperidine rings is 1. The molecule has 0 bridgehead atoms. The summed E-state index contributed by atoms with van der Waals surface area (Å²) in [5.41, 5.74) is 0.162. The largest absolute Gasteiger partial charge is 0.487 e. The van der Waals surface area contributed by atoms with Crippen molar-refractivity contribution in [3.8, 4) is 16.9 Å². The minimum absolute atomic E-state index is 0.0185. The summed E-state index contributed by atoms with van der Waals surface area (Å²) in [7, 11) is -4.54. The number of nitrogens with zero attached hydrogens (tertiary/aromatic N) is 3. The van der Waals surface area contributed by atoms with Crippen molar-refractivity contribution in [2.45, 2.75) is 76.5 Å². The molecule has 0 spiro atoms. The Bertz CT molecular complexity index is 2170. The first-order valence-electron chi connectivity index (χ1n) is 16.7. The van der Waals surface area contributed by atoms with Crippen molar-refractivity contribution in [2.75, 3.05) is 29.7 Å². The number of halogens is 3. The fourth-order valence-corrected chi connectivity index (χ4v) is 7.79. The van der Waals surface area contributed by atoms with Gasteiger partial charge in [-0.05, 0) is 87.6 Å². The molecule has 1 saturated heterocycles. The molecular formula is C36H38ClF2N5O7S. The third kappa shape index (κ3) is 7.84. The standard InChI is InChI=1S/C36H38ClF2N5O7S/c1-6-20-13-21(14-22-17-40-34(42-32(20)22)41-24-9-11-44(12-10-24)35(46)51-36(3,4)5)30-26(38)7-8-27(31(30)39)43-52(47,48)29-16-23(37)15-25-28(50-19(2)45)18-49-33(25)29/h7-8,13-17,24,28,43H,6,9-12,18H2,1-5H3,(H,40,41,42)/t28-/m0/s1. The van der Waals surface area contributed by atoms with Gasteiger partial charge in [0.15, 0.2) is 11.9 Å². The lowest BCUT2D eigenvalue weighted by Crippen LogP contribution is -2.44. The van der Waals surface area contributed by atoms with Gasteiger partial charge in [-0.25, -0.2) is 32.0 Å².